The van der Waals surface area contributed by atoms with Crippen LogP contribution in [0.2, 0.25) is 0 Å². The highest BCUT2D eigenvalue weighted by molar-refractivity contribution is 5.66. The van der Waals surface area contributed by atoms with Gasteiger partial charge in [-0.25, -0.2) is 0 Å². The third-order valence-electron chi connectivity index (χ3n) is 2.11. The van der Waals surface area contributed by atoms with Gasteiger partial charge in [-0.2, -0.15) is 0 Å². The number of rotatable bonds is 8. The molecule has 0 saturated carbocycles. The van der Waals surface area contributed by atoms with Gasteiger partial charge < -0.3 is 10.4 Å². The molecule has 0 aromatic heterocycles. The Balaban J connectivity index is 3.33. The van der Waals surface area contributed by atoms with Crippen LogP contribution in [0.3, 0.4) is 0 Å². The molecule has 80 valence electrons. The smallest absolute Gasteiger partial charge is 0.303 e. The van der Waals surface area contributed by atoms with Crippen molar-refractivity contribution in [3.8, 4) is 12.3 Å². The fourth-order valence-electron chi connectivity index (χ4n) is 1.21. The van der Waals surface area contributed by atoms with E-state index in [1.165, 1.54) is 0 Å². The Morgan fingerprint density at radius 2 is 2.29 bits per heavy atom. The molecule has 0 heterocycles. The van der Waals surface area contributed by atoms with Gasteiger partial charge >= 0.3 is 5.97 Å². The molecule has 0 amide bonds. The molecule has 1 atom stereocenters. The Morgan fingerprint density at radius 3 is 2.79 bits per heavy atom. The number of carbonyl (C=O) groups is 1. The summed E-state index contributed by atoms with van der Waals surface area (Å²) in [4.78, 5) is 10.2. The number of carboxylic acid groups (broad SMARTS) is 1. The van der Waals surface area contributed by atoms with Crippen LogP contribution >= 0.6 is 0 Å². The Labute approximate surface area is 85.9 Å². The van der Waals surface area contributed by atoms with Gasteiger partial charge in [0.25, 0.3) is 0 Å². The van der Waals surface area contributed by atoms with E-state index >= 15 is 0 Å². The van der Waals surface area contributed by atoms with Crippen LogP contribution in [0.4, 0.5) is 0 Å². The molecule has 3 heteroatoms. The first-order chi connectivity index (χ1) is 6.70. The maximum absolute atomic E-state index is 10.2. The van der Waals surface area contributed by atoms with E-state index in [0.29, 0.717) is 6.04 Å². The quantitative estimate of drug-likeness (QED) is 0.459. The summed E-state index contributed by atoms with van der Waals surface area (Å²) < 4.78 is 0. The molecule has 0 aromatic carbocycles. The van der Waals surface area contributed by atoms with Crippen LogP contribution in [-0.2, 0) is 4.79 Å². The molecule has 0 radical (unpaired) electrons. The third-order valence-corrected chi connectivity index (χ3v) is 2.11. The number of hydrogen-bond donors (Lipinski definition) is 2. The first kappa shape index (κ1) is 13.0. The molecule has 0 fully saturated rings. The number of nitrogens with one attached hydrogen (secondary N) is 1. The number of carboxylic acids is 1. The molecule has 0 spiro atoms. The lowest BCUT2D eigenvalue weighted by Crippen LogP contribution is -2.28. The van der Waals surface area contributed by atoms with Gasteiger partial charge in [-0.1, -0.05) is 6.92 Å². The van der Waals surface area contributed by atoms with Crippen molar-refractivity contribution < 1.29 is 9.90 Å². The van der Waals surface area contributed by atoms with Crippen LogP contribution in [0.5, 0.6) is 0 Å². The Kier molecular flexibility index (Phi) is 7.96. The van der Waals surface area contributed by atoms with Crippen molar-refractivity contribution >= 4 is 5.97 Å². The van der Waals surface area contributed by atoms with Gasteiger partial charge in [0.1, 0.15) is 0 Å². The summed E-state index contributed by atoms with van der Waals surface area (Å²) in [6.45, 7) is 2.94. The lowest BCUT2D eigenvalue weighted by Gasteiger charge is -2.13. The molecule has 0 aliphatic carbocycles. The molecular formula is C11H19NO2. The Morgan fingerprint density at radius 1 is 1.57 bits per heavy atom. The molecule has 1 unspecified atom stereocenters. The van der Waals surface area contributed by atoms with Crippen LogP contribution < -0.4 is 5.32 Å². The van der Waals surface area contributed by atoms with Crippen molar-refractivity contribution in [1.29, 1.82) is 0 Å². The highest BCUT2D eigenvalue weighted by atomic mass is 16.4. The van der Waals surface area contributed by atoms with Gasteiger partial charge in [-0.15, -0.1) is 12.3 Å². The van der Waals surface area contributed by atoms with E-state index in [0.717, 1.165) is 32.2 Å². The minimum absolute atomic E-state index is 0.258. The van der Waals surface area contributed by atoms with Gasteiger partial charge in [-0.05, 0) is 25.8 Å². The van der Waals surface area contributed by atoms with Crippen molar-refractivity contribution in [2.45, 2.75) is 45.1 Å². The summed E-state index contributed by atoms with van der Waals surface area (Å²) in [6, 6.07) is 0.379. The molecule has 3 nitrogen and oxygen atoms in total. The lowest BCUT2D eigenvalue weighted by atomic mass is 10.1. The summed E-state index contributed by atoms with van der Waals surface area (Å²) in [5.74, 6) is 1.90. The predicted octanol–water partition coefficient (Wildman–Crippen LogP) is 1.63. The molecule has 14 heavy (non-hydrogen) atoms. The van der Waals surface area contributed by atoms with Crippen molar-refractivity contribution in [3.63, 3.8) is 0 Å². The van der Waals surface area contributed by atoms with E-state index in [4.69, 9.17) is 11.5 Å². The van der Waals surface area contributed by atoms with E-state index in [1.54, 1.807) is 0 Å². The normalized spacial score (nSPS) is 12.0. The number of aliphatic carboxylic acids is 1. The van der Waals surface area contributed by atoms with Crippen LogP contribution in [0.1, 0.15) is 39.0 Å². The molecule has 0 aromatic rings. The number of unbranched alkanes of at least 4 members (excludes halogenated alkanes) is 1. The lowest BCUT2D eigenvalue weighted by molar-refractivity contribution is -0.137. The zero-order chi connectivity index (χ0) is 10.8. The average molecular weight is 197 g/mol. The maximum Gasteiger partial charge on any atom is 0.303 e. The molecule has 0 bridgehead atoms. The van der Waals surface area contributed by atoms with Gasteiger partial charge in [-0.3, -0.25) is 4.79 Å². The van der Waals surface area contributed by atoms with Crippen LogP contribution in [0.25, 0.3) is 0 Å². The van der Waals surface area contributed by atoms with E-state index < -0.39 is 5.97 Å². The fourth-order valence-corrected chi connectivity index (χ4v) is 1.21. The molecular weight excluding hydrogens is 178 g/mol. The fraction of sp³-hybridized carbons (Fsp3) is 0.727. The van der Waals surface area contributed by atoms with Crippen LogP contribution in [0, 0.1) is 12.3 Å². The van der Waals surface area contributed by atoms with E-state index in [9.17, 15) is 4.79 Å². The monoisotopic (exact) mass is 197 g/mol. The van der Waals surface area contributed by atoms with Crippen molar-refractivity contribution in [1.82, 2.24) is 5.32 Å². The van der Waals surface area contributed by atoms with E-state index in [2.05, 4.69) is 18.2 Å². The molecule has 0 aliphatic heterocycles. The second kappa shape index (κ2) is 8.58. The summed E-state index contributed by atoms with van der Waals surface area (Å²) in [7, 11) is 0. The number of hydrogen-bond acceptors (Lipinski definition) is 2. The zero-order valence-electron chi connectivity index (χ0n) is 8.75. The minimum atomic E-state index is -0.722. The van der Waals surface area contributed by atoms with Gasteiger partial charge in [0, 0.05) is 18.9 Å². The zero-order valence-corrected chi connectivity index (χ0v) is 8.75. The van der Waals surface area contributed by atoms with Gasteiger partial charge in [0.05, 0.1) is 0 Å². The van der Waals surface area contributed by atoms with Crippen molar-refractivity contribution in [2.24, 2.45) is 0 Å². The van der Waals surface area contributed by atoms with Crippen molar-refractivity contribution in [3.05, 3.63) is 0 Å². The third kappa shape index (κ3) is 7.63. The predicted molar refractivity (Wildman–Crippen MR) is 57.0 cm³/mol. The van der Waals surface area contributed by atoms with Gasteiger partial charge in [0.2, 0.25) is 0 Å². The summed E-state index contributed by atoms with van der Waals surface area (Å²) in [5.41, 5.74) is 0. The highest BCUT2D eigenvalue weighted by Crippen LogP contribution is 1.98. The Hall–Kier alpha value is -1.01. The molecule has 0 rings (SSSR count). The maximum atomic E-state index is 10.2. The standard InChI is InChI=1S/C11H19NO2/c1-3-7-10(4-2)12-9-6-5-8-11(13)14/h1,10,12H,4-9H2,2H3,(H,13,14). The summed E-state index contributed by atoms with van der Waals surface area (Å²) >= 11 is 0. The number of terminal acetylenes is 1. The SMILES string of the molecule is C#CCC(CC)NCCCCC(=O)O. The Bertz CT molecular complexity index is 196. The first-order valence-corrected chi connectivity index (χ1v) is 5.09. The van der Waals surface area contributed by atoms with E-state index in [1.807, 2.05) is 0 Å². The first-order valence-electron chi connectivity index (χ1n) is 5.09. The largest absolute Gasteiger partial charge is 0.481 e. The average Bonchev–Trinajstić information content (AvgIpc) is 2.15. The summed E-state index contributed by atoms with van der Waals surface area (Å²) in [6.07, 6.45) is 8.85. The second-order valence-electron chi connectivity index (χ2n) is 3.32. The highest BCUT2D eigenvalue weighted by Gasteiger charge is 2.02. The molecule has 2 N–H and O–H groups in total. The van der Waals surface area contributed by atoms with Crippen LogP contribution in [-0.4, -0.2) is 23.7 Å². The van der Waals surface area contributed by atoms with Gasteiger partial charge in [0.15, 0.2) is 0 Å². The summed E-state index contributed by atoms with van der Waals surface area (Å²) in [5, 5.41) is 11.7. The van der Waals surface area contributed by atoms with Crippen LogP contribution in [0.15, 0.2) is 0 Å². The van der Waals surface area contributed by atoms with E-state index in [-0.39, 0.29) is 6.42 Å². The van der Waals surface area contributed by atoms with Crippen molar-refractivity contribution in [2.75, 3.05) is 6.54 Å². The molecule has 0 aliphatic rings. The second-order valence-corrected chi connectivity index (χ2v) is 3.32. The topological polar surface area (TPSA) is 49.3 Å². The molecule has 0 saturated heterocycles. The minimum Gasteiger partial charge on any atom is -0.481 e.